The molecule has 0 amide bonds. The SMILES string of the molecule is Cl.O=C(ON1CCNCC1)c1ccccn1. The Bertz CT molecular complexity index is 328. The highest BCUT2D eigenvalue weighted by atomic mass is 35.5. The Hall–Kier alpha value is -1.17. The summed E-state index contributed by atoms with van der Waals surface area (Å²) < 4.78 is 0. The van der Waals surface area contributed by atoms with Gasteiger partial charge in [0.25, 0.3) is 0 Å². The van der Waals surface area contributed by atoms with Crippen LogP contribution in [0.25, 0.3) is 0 Å². The van der Waals surface area contributed by atoms with Crippen LogP contribution in [0.1, 0.15) is 10.5 Å². The number of pyridine rings is 1. The minimum atomic E-state index is -0.391. The van der Waals surface area contributed by atoms with E-state index in [1.807, 2.05) is 0 Å². The lowest BCUT2D eigenvalue weighted by Crippen LogP contribution is -2.44. The number of hydrogen-bond donors (Lipinski definition) is 1. The van der Waals surface area contributed by atoms with Gasteiger partial charge in [-0.2, -0.15) is 0 Å². The highest BCUT2D eigenvalue weighted by Crippen LogP contribution is 2.01. The second-order valence-electron chi connectivity index (χ2n) is 3.27. The zero-order chi connectivity index (χ0) is 10.5. The van der Waals surface area contributed by atoms with E-state index in [4.69, 9.17) is 4.84 Å². The normalized spacial score (nSPS) is 16.2. The summed E-state index contributed by atoms with van der Waals surface area (Å²) in [6.07, 6.45) is 1.58. The van der Waals surface area contributed by atoms with Gasteiger partial charge in [0.15, 0.2) is 0 Å². The van der Waals surface area contributed by atoms with Crippen molar-refractivity contribution >= 4 is 18.4 Å². The fraction of sp³-hybridized carbons (Fsp3) is 0.400. The van der Waals surface area contributed by atoms with Gasteiger partial charge in [-0.3, -0.25) is 0 Å². The van der Waals surface area contributed by atoms with Crippen molar-refractivity contribution < 1.29 is 9.63 Å². The van der Waals surface area contributed by atoms with Gasteiger partial charge >= 0.3 is 5.97 Å². The Labute approximate surface area is 100 Å². The van der Waals surface area contributed by atoms with Gasteiger partial charge in [-0.05, 0) is 12.1 Å². The quantitative estimate of drug-likeness (QED) is 0.819. The fourth-order valence-corrected chi connectivity index (χ4v) is 1.38. The van der Waals surface area contributed by atoms with Crippen LogP contribution in [0.5, 0.6) is 0 Å². The number of rotatable bonds is 2. The molecule has 5 nitrogen and oxygen atoms in total. The molecule has 2 heterocycles. The van der Waals surface area contributed by atoms with Gasteiger partial charge in [-0.1, -0.05) is 6.07 Å². The first-order valence-electron chi connectivity index (χ1n) is 4.95. The molecule has 0 bridgehead atoms. The lowest BCUT2D eigenvalue weighted by Gasteiger charge is -2.25. The van der Waals surface area contributed by atoms with Crippen LogP contribution in [0.2, 0.25) is 0 Å². The van der Waals surface area contributed by atoms with E-state index in [0.29, 0.717) is 5.69 Å². The second-order valence-corrected chi connectivity index (χ2v) is 3.27. The van der Waals surface area contributed by atoms with Crippen molar-refractivity contribution in [3.63, 3.8) is 0 Å². The molecule has 0 unspecified atom stereocenters. The molecule has 0 spiro atoms. The van der Waals surface area contributed by atoms with Crippen molar-refractivity contribution in [1.82, 2.24) is 15.4 Å². The van der Waals surface area contributed by atoms with E-state index < -0.39 is 5.97 Å². The van der Waals surface area contributed by atoms with Gasteiger partial charge in [-0.25, -0.2) is 9.78 Å². The van der Waals surface area contributed by atoms with Crippen LogP contribution in [-0.4, -0.2) is 42.2 Å². The van der Waals surface area contributed by atoms with Crippen LogP contribution in [-0.2, 0) is 4.84 Å². The third-order valence-electron chi connectivity index (χ3n) is 2.16. The van der Waals surface area contributed by atoms with Gasteiger partial charge in [0, 0.05) is 32.4 Å². The molecule has 6 heteroatoms. The maximum absolute atomic E-state index is 11.6. The Morgan fingerprint density at radius 1 is 1.38 bits per heavy atom. The zero-order valence-corrected chi connectivity index (χ0v) is 9.57. The van der Waals surface area contributed by atoms with Crippen LogP contribution in [0.15, 0.2) is 24.4 Å². The number of hydroxylamine groups is 2. The average Bonchev–Trinajstić information content (AvgIpc) is 2.31. The predicted molar refractivity (Wildman–Crippen MR) is 61.3 cm³/mol. The number of carbonyl (C=O) groups is 1. The van der Waals surface area contributed by atoms with Crippen molar-refractivity contribution in [2.75, 3.05) is 26.2 Å². The molecular weight excluding hydrogens is 230 g/mol. The summed E-state index contributed by atoms with van der Waals surface area (Å²) in [6, 6.07) is 5.17. The van der Waals surface area contributed by atoms with Crippen LogP contribution in [0.4, 0.5) is 0 Å². The van der Waals surface area contributed by atoms with E-state index in [0.717, 1.165) is 26.2 Å². The molecule has 1 aromatic rings. The minimum absolute atomic E-state index is 0. The topological polar surface area (TPSA) is 54.5 Å². The number of halogens is 1. The van der Waals surface area contributed by atoms with Crippen molar-refractivity contribution in [1.29, 1.82) is 0 Å². The van der Waals surface area contributed by atoms with E-state index in [-0.39, 0.29) is 12.4 Å². The summed E-state index contributed by atoms with van der Waals surface area (Å²) in [5.74, 6) is -0.391. The lowest BCUT2D eigenvalue weighted by molar-refractivity contribution is -0.115. The molecule has 1 N–H and O–H groups in total. The van der Waals surface area contributed by atoms with Crippen LogP contribution in [0.3, 0.4) is 0 Å². The number of nitrogens with one attached hydrogen (secondary N) is 1. The first-order chi connectivity index (χ1) is 7.36. The Morgan fingerprint density at radius 2 is 2.12 bits per heavy atom. The molecular formula is C10H14ClN3O2. The van der Waals surface area contributed by atoms with Gasteiger partial charge < -0.3 is 10.2 Å². The van der Waals surface area contributed by atoms with E-state index in [9.17, 15) is 4.79 Å². The highest BCUT2D eigenvalue weighted by Gasteiger charge is 2.16. The third kappa shape index (κ3) is 3.44. The number of hydrogen-bond acceptors (Lipinski definition) is 5. The van der Waals surface area contributed by atoms with Crippen LogP contribution in [0, 0.1) is 0 Å². The molecule has 1 aliphatic rings. The van der Waals surface area contributed by atoms with E-state index in [1.165, 1.54) is 0 Å². The smallest absolute Gasteiger partial charge is 0.363 e. The third-order valence-corrected chi connectivity index (χ3v) is 2.16. The Kier molecular flexibility index (Phi) is 5.18. The van der Waals surface area contributed by atoms with Crippen molar-refractivity contribution in [2.24, 2.45) is 0 Å². The second kappa shape index (κ2) is 6.42. The summed E-state index contributed by atoms with van der Waals surface area (Å²) in [6.45, 7) is 3.13. The van der Waals surface area contributed by atoms with E-state index in [1.54, 1.807) is 29.5 Å². The molecule has 16 heavy (non-hydrogen) atoms. The van der Waals surface area contributed by atoms with Crippen LogP contribution < -0.4 is 5.32 Å². The van der Waals surface area contributed by atoms with Gasteiger partial charge in [0.2, 0.25) is 0 Å². The summed E-state index contributed by atoms with van der Waals surface area (Å²) in [7, 11) is 0. The molecule has 0 saturated carbocycles. The Morgan fingerprint density at radius 3 is 2.75 bits per heavy atom. The van der Waals surface area contributed by atoms with Crippen LogP contribution >= 0.6 is 12.4 Å². The molecule has 1 aliphatic heterocycles. The van der Waals surface area contributed by atoms with Gasteiger partial charge in [-0.15, -0.1) is 17.5 Å². The van der Waals surface area contributed by atoms with Crippen molar-refractivity contribution in [3.05, 3.63) is 30.1 Å². The standard InChI is InChI=1S/C10H13N3O2.ClH/c14-10(9-3-1-2-4-12-9)15-13-7-5-11-6-8-13;/h1-4,11H,5-8H2;1H. The van der Waals surface area contributed by atoms with Crippen molar-refractivity contribution in [3.8, 4) is 0 Å². The predicted octanol–water partition coefficient (Wildman–Crippen LogP) is 0.480. The highest BCUT2D eigenvalue weighted by molar-refractivity contribution is 5.86. The van der Waals surface area contributed by atoms with Crippen molar-refractivity contribution in [2.45, 2.75) is 0 Å². The fourth-order valence-electron chi connectivity index (χ4n) is 1.38. The summed E-state index contributed by atoms with van der Waals surface area (Å²) in [5, 5.41) is 4.84. The number of aromatic nitrogens is 1. The number of piperazine rings is 1. The van der Waals surface area contributed by atoms with Gasteiger partial charge in [0.1, 0.15) is 5.69 Å². The summed E-state index contributed by atoms with van der Waals surface area (Å²) >= 11 is 0. The molecule has 88 valence electrons. The molecule has 0 radical (unpaired) electrons. The maximum atomic E-state index is 11.6. The molecule has 0 aromatic carbocycles. The molecule has 1 saturated heterocycles. The summed E-state index contributed by atoms with van der Waals surface area (Å²) in [4.78, 5) is 20.7. The largest absolute Gasteiger partial charge is 0.375 e. The molecule has 2 rings (SSSR count). The first kappa shape index (κ1) is 12.9. The van der Waals surface area contributed by atoms with Gasteiger partial charge in [0.05, 0.1) is 0 Å². The lowest BCUT2D eigenvalue weighted by atomic mass is 10.4. The average molecular weight is 244 g/mol. The molecule has 0 aliphatic carbocycles. The molecule has 1 fully saturated rings. The minimum Gasteiger partial charge on any atom is -0.363 e. The molecule has 1 aromatic heterocycles. The maximum Gasteiger partial charge on any atom is 0.375 e. The molecule has 0 atom stereocenters. The zero-order valence-electron chi connectivity index (χ0n) is 8.76. The monoisotopic (exact) mass is 243 g/mol. The number of nitrogens with zero attached hydrogens (tertiary/aromatic N) is 2. The number of carbonyl (C=O) groups excluding carboxylic acids is 1. The first-order valence-corrected chi connectivity index (χ1v) is 4.95. The van der Waals surface area contributed by atoms with E-state index in [2.05, 4.69) is 10.3 Å². The summed E-state index contributed by atoms with van der Waals surface area (Å²) in [5.41, 5.74) is 0.344. The Balaban J connectivity index is 0.00000128. The van der Waals surface area contributed by atoms with E-state index >= 15 is 0 Å².